The van der Waals surface area contributed by atoms with E-state index in [0.29, 0.717) is 24.6 Å². The van der Waals surface area contributed by atoms with Crippen molar-refractivity contribution in [3.8, 4) is 5.88 Å². The van der Waals surface area contributed by atoms with Crippen LogP contribution in [0.25, 0.3) is 0 Å². The molecule has 1 aliphatic heterocycles. The number of nitrogens with one attached hydrogen (secondary N) is 1. The van der Waals surface area contributed by atoms with Gasteiger partial charge in [0, 0.05) is 25.2 Å². The molecule has 96 valence electrons. The van der Waals surface area contributed by atoms with Crippen LogP contribution < -0.4 is 10.1 Å². The summed E-state index contributed by atoms with van der Waals surface area (Å²) in [7, 11) is 1.55. The van der Waals surface area contributed by atoms with Crippen LogP contribution in [0.2, 0.25) is 0 Å². The highest BCUT2D eigenvalue weighted by atomic mass is 32.2. The van der Waals surface area contributed by atoms with Crippen LogP contribution in [0.5, 0.6) is 5.88 Å². The number of hydrogen-bond acceptors (Lipinski definition) is 5. The van der Waals surface area contributed by atoms with E-state index in [2.05, 4.69) is 10.3 Å². The molecule has 1 N–H and O–H groups in total. The number of aromatic nitrogens is 1. The maximum atomic E-state index is 11.8. The zero-order valence-electron chi connectivity index (χ0n) is 10.0. The summed E-state index contributed by atoms with van der Waals surface area (Å²) < 4.78 is 5.00. The van der Waals surface area contributed by atoms with Crippen molar-refractivity contribution in [3.63, 3.8) is 0 Å². The lowest BCUT2D eigenvalue weighted by atomic mass is 10.2. The van der Waals surface area contributed by atoms with E-state index in [0.717, 1.165) is 5.56 Å². The van der Waals surface area contributed by atoms with Crippen molar-refractivity contribution in [2.45, 2.75) is 18.2 Å². The molecular formula is C12H14N2O3S. The van der Waals surface area contributed by atoms with Gasteiger partial charge >= 0.3 is 0 Å². The van der Waals surface area contributed by atoms with Crippen molar-refractivity contribution < 1.29 is 14.3 Å². The van der Waals surface area contributed by atoms with Gasteiger partial charge in [0.15, 0.2) is 0 Å². The van der Waals surface area contributed by atoms with E-state index in [1.807, 2.05) is 6.07 Å². The van der Waals surface area contributed by atoms with Gasteiger partial charge in [-0.05, 0) is 11.6 Å². The first-order chi connectivity index (χ1) is 8.69. The van der Waals surface area contributed by atoms with Crippen molar-refractivity contribution in [2.75, 3.05) is 12.9 Å². The lowest BCUT2D eigenvalue weighted by Gasteiger charge is -2.09. The lowest BCUT2D eigenvalue weighted by Crippen LogP contribution is -2.31. The Bertz CT molecular complexity index is 464. The minimum atomic E-state index is -0.235. The van der Waals surface area contributed by atoms with Gasteiger partial charge in [-0.3, -0.25) is 9.59 Å². The predicted molar refractivity (Wildman–Crippen MR) is 68.5 cm³/mol. The molecule has 18 heavy (non-hydrogen) atoms. The molecule has 1 amide bonds. The Labute approximate surface area is 109 Å². The minimum absolute atomic E-state index is 0.0818. The molecule has 2 rings (SSSR count). The third-order valence-corrected chi connectivity index (χ3v) is 3.90. The van der Waals surface area contributed by atoms with Crippen molar-refractivity contribution in [1.82, 2.24) is 10.3 Å². The van der Waals surface area contributed by atoms with Crippen LogP contribution in [0.3, 0.4) is 0 Å². The third kappa shape index (κ3) is 3.22. The van der Waals surface area contributed by atoms with E-state index in [-0.39, 0.29) is 16.9 Å². The zero-order chi connectivity index (χ0) is 13.0. The zero-order valence-corrected chi connectivity index (χ0v) is 10.8. The number of hydrogen-bond donors (Lipinski definition) is 1. The standard InChI is InChI=1S/C12H14N2O3S/c1-17-11-4-8(2-3-13-11)6-14-12(16)10-5-9(15)7-18-10/h2-4,10H,5-7H2,1H3,(H,14,16). The SMILES string of the molecule is COc1cc(CNC(=O)C2CC(=O)CS2)ccn1. The number of nitrogens with zero attached hydrogens (tertiary/aromatic N) is 1. The van der Waals surface area contributed by atoms with Crippen LogP contribution >= 0.6 is 11.8 Å². The first-order valence-corrected chi connectivity index (χ1v) is 6.64. The van der Waals surface area contributed by atoms with E-state index in [1.54, 1.807) is 19.4 Å². The number of rotatable bonds is 4. The molecule has 1 aromatic heterocycles. The van der Waals surface area contributed by atoms with Crippen LogP contribution in [-0.2, 0) is 16.1 Å². The summed E-state index contributed by atoms with van der Waals surface area (Å²) in [5.74, 6) is 1.03. The van der Waals surface area contributed by atoms with Crippen LogP contribution in [0.1, 0.15) is 12.0 Å². The highest BCUT2D eigenvalue weighted by Crippen LogP contribution is 2.23. The second kappa shape index (κ2) is 5.86. The molecule has 0 aromatic carbocycles. The maximum Gasteiger partial charge on any atom is 0.233 e. The summed E-state index contributed by atoms with van der Waals surface area (Å²) in [6, 6.07) is 3.59. The van der Waals surface area contributed by atoms with E-state index < -0.39 is 0 Å². The number of methoxy groups -OCH3 is 1. The fraction of sp³-hybridized carbons (Fsp3) is 0.417. The number of pyridine rings is 1. The van der Waals surface area contributed by atoms with E-state index in [4.69, 9.17) is 4.74 Å². The monoisotopic (exact) mass is 266 g/mol. The van der Waals surface area contributed by atoms with Gasteiger partial charge in [0.2, 0.25) is 11.8 Å². The van der Waals surface area contributed by atoms with Crippen LogP contribution in [-0.4, -0.2) is 34.8 Å². The van der Waals surface area contributed by atoms with Gasteiger partial charge in [0.1, 0.15) is 5.78 Å². The third-order valence-electron chi connectivity index (χ3n) is 2.63. The number of amides is 1. The van der Waals surface area contributed by atoms with E-state index in [9.17, 15) is 9.59 Å². The van der Waals surface area contributed by atoms with Gasteiger partial charge in [0.25, 0.3) is 0 Å². The molecular weight excluding hydrogens is 252 g/mol. The topological polar surface area (TPSA) is 68.3 Å². The molecule has 1 aliphatic rings. The molecule has 1 fully saturated rings. The molecule has 1 saturated heterocycles. The smallest absolute Gasteiger partial charge is 0.233 e. The summed E-state index contributed by atoms with van der Waals surface area (Å²) >= 11 is 1.40. The maximum absolute atomic E-state index is 11.8. The molecule has 5 nitrogen and oxygen atoms in total. The number of Topliss-reactive ketones (excluding diaryl/α,β-unsaturated/α-hetero) is 1. The number of carbonyl (C=O) groups is 2. The first kappa shape index (κ1) is 12.9. The fourth-order valence-electron chi connectivity index (χ4n) is 1.66. The van der Waals surface area contributed by atoms with Gasteiger partial charge in [-0.2, -0.15) is 0 Å². The Hall–Kier alpha value is -1.56. The Morgan fingerprint density at radius 3 is 3.17 bits per heavy atom. The highest BCUT2D eigenvalue weighted by Gasteiger charge is 2.28. The molecule has 6 heteroatoms. The summed E-state index contributed by atoms with van der Waals surface area (Å²) in [6.07, 6.45) is 1.98. The summed E-state index contributed by atoms with van der Waals surface area (Å²) in [5.41, 5.74) is 0.921. The second-order valence-corrected chi connectivity index (χ2v) is 5.16. The number of carbonyl (C=O) groups excluding carboxylic acids is 2. The fourth-order valence-corrected chi connectivity index (χ4v) is 2.70. The van der Waals surface area contributed by atoms with E-state index in [1.165, 1.54) is 11.8 Å². The minimum Gasteiger partial charge on any atom is -0.481 e. The molecule has 0 bridgehead atoms. The largest absolute Gasteiger partial charge is 0.481 e. The predicted octanol–water partition coefficient (Wildman–Crippen LogP) is 0.781. The van der Waals surface area contributed by atoms with Crippen LogP contribution in [0.15, 0.2) is 18.3 Å². The van der Waals surface area contributed by atoms with Crippen molar-refractivity contribution in [2.24, 2.45) is 0 Å². The van der Waals surface area contributed by atoms with Gasteiger partial charge in [-0.25, -0.2) is 4.98 Å². The summed E-state index contributed by atoms with van der Waals surface area (Å²) in [6.45, 7) is 0.420. The van der Waals surface area contributed by atoms with Crippen LogP contribution in [0.4, 0.5) is 0 Å². The summed E-state index contributed by atoms with van der Waals surface area (Å²) in [4.78, 5) is 26.9. The molecule has 0 radical (unpaired) electrons. The molecule has 1 unspecified atom stereocenters. The second-order valence-electron chi connectivity index (χ2n) is 3.97. The average Bonchev–Trinajstić information content (AvgIpc) is 2.83. The lowest BCUT2D eigenvalue weighted by molar-refractivity contribution is -0.123. The number of thioether (sulfide) groups is 1. The summed E-state index contributed by atoms with van der Waals surface area (Å²) in [5, 5.41) is 2.58. The van der Waals surface area contributed by atoms with Gasteiger partial charge < -0.3 is 10.1 Å². The van der Waals surface area contributed by atoms with Crippen LogP contribution in [0, 0.1) is 0 Å². The first-order valence-electron chi connectivity index (χ1n) is 5.59. The van der Waals surface area contributed by atoms with Gasteiger partial charge in [0.05, 0.1) is 18.1 Å². The molecule has 0 saturated carbocycles. The molecule has 0 spiro atoms. The Kier molecular flexibility index (Phi) is 4.19. The van der Waals surface area contributed by atoms with Crippen molar-refractivity contribution in [1.29, 1.82) is 0 Å². The highest BCUT2D eigenvalue weighted by molar-refractivity contribution is 8.01. The Morgan fingerprint density at radius 2 is 2.50 bits per heavy atom. The molecule has 0 aliphatic carbocycles. The normalized spacial score (nSPS) is 18.7. The Morgan fingerprint density at radius 1 is 1.67 bits per heavy atom. The van der Waals surface area contributed by atoms with Gasteiger partial charge in [-0.1, -0.05) is 0 Å². The van der Waals surface area contributed by atoms with Crippen molar-refractivity contribution >= 4 is 23.5 Å². The quantitative estimate of drug-likeness (QED) is 0.872. The Balaban J connectivity index is 1.87. The number of ketones is 1. The molecule has 1 atom stereocenters. The van der Waals surface area contributed by atoms with Gasteiger partial charge in [-0.15, -0.1) is 11.8 Å². The van der Waals surface area contributed by atoms with Crippen molar-refractivity contribution in [3.05, 3.63) is 23.9 Å². The number of ether oxygens (including phenoxy) is 1. The molecule has 1 aromatic rings. The average molecular weight is 266 g/mol. The van der Waals surface area contributed by atoms with E-state index >= 15 is 0 Å². The molecule has 2 heterocycles.